The van der Waals surface area contributed by atoms with E-state index in [2.05, 4.69) is 21.0 Å². The first-order valence-corrected chi connectivity index (χ1v) is 8.20. The van der Waals surface area contributed by atoms with Crippen molar-refractivity contribution in [1.82, 2.24) is 25.7 Å². The van der Waals surface area contributed by atoms with E-state index in [1.165, 1.54) is 6.07 Å². The predicted octanol–water partition coefficient (Wildman–Crippen LogP) is 1.07. The Morgan fingerprint density at radius 1 is 1.23 bits per heavy atom. The Kier molecular flexibility index (Phi) is 7.66. The molecule has 0 aromatic carbocycles. The third kappa shape index (κ3) is 7.16. The zero-order valence-electron chi connectivity index (χ0n) is 15.3. The number of alkyl halides is 2. The first kappa shape index (κ1) is 21.5. The largest absolute Gasteiger partial charge is 0.352 e. The van der Waals surface area contributed by atoms with Gasteiger partial charge in [0.05, 0.1) is 6.54 Å². The molecule has 0 saturated carbocycles. The summed E-state index contributed by atoms with van der Waals surface area (Å²) in [5.74, 6) is -1.13. The highest BCUT2D eigenvalue weighted by Crippen LogP contribution is 2.12. The number of aromatic nitrogens is 2. The standard InChI is InChI=1S/C16H25F2N5O3/c1-10(21-12(24)9-20-14(26)16(2,3)4)5-7-19-13(25)11-6-8-23(22-11)15(17)18/h6,8,10,15H,5,7,9H2,1-4H3,(H,19,25)(H,20,26)(H,21,24)/t10-/m0/s1. The van der Waals surface area contributed by atoms with Crippen molar-refractivity contribution in [3.8, 4) is 0 Å². The topological polar surface area (TPSA) is 105 Å². The Bertz CT molecular complexity index is 640. The van der Waals surface area contributed by atoms with E-state index in [9.17, 15) is 23.2 Å². The minimum Gasteiger partial charge on any atom is -0.352 e. The summed E-state index contributed by atoms with van der Waals surface area (Å²) in [5.41, 5.74) is -0.681. The van der Waals surface area contributed by atoms with Gasteiger partial charge in [0.2, 0.25) is 11.8 Å². The fourth-order valence-electron chi connectivity index (χ4n) is 1.88. The second-order valence-corrected chi connectivity index (χ2v) is 6.90. The van der Waals surface area contributed by atoms with E-state index in [4.69, 9.17) is 0 Å². The second kappa shape index (κ2) is 9.25. The van der Waals surface area contributed by atoms with Crippen LogP contribution < -0.4 is 16.0 Å². The summed E-state index contributed by atoms with van der Waals surface area (Å²) in [6.45, 7) is 4.29. The van der Waals surface area contributed by atoms with E-state index in [0.29, 0.717) is 11.1 Å². The third-order valence-electron chi connectivity index (χ3n) is 3.40. The first-order valence-electron chi connectivity index (χ1n) is 8.20. The quantitative estimate of drug-likeness (QED) is 0.634. The molecule has 0 saturated heterocycles. The molecule has 0 spiro atoms. The van der Waals surface area contributed by atoms with Gasteiger partial charge in [-0.15, -0.1) is 0 Å². The van der Waals surface area contributed by atoms with Crippen molar-refractivity contribution in [2.45, 2.75) is 46.7 Å². The van der Waals surface area contributed by atoms with Crippen molar-refractivity contribution in [2.75, 3.05) is 13.1 Å². The zero-order chi connectivity index (χ0) is 19.9. The molecule has 10 heteroatoms. The van der Waals surface area contributed by atoms with Crippen LogP contribution in [0, 0.1) is 5.41 Å². The molecular formula is C16H25F2N5O3. The number of carbonyl (C=O) groups is 3. The molecule has 3 amide bonds. The smallest absolute Gasteiger partial charge is 0.333 e. The fourth-order valence-corrected chi connectivity index (χ4v) is 1.88. The van der Waals surface area contributed by atoms with Crippen LogP contribution in [-0.2, 0) is 9.59 Å². The number of hydrogen-bond donors (Lipinski definition) is 3. The average molecular weight is 373 g/mol. The lowest BCUT2D eigenvalue weighted by Gasteiger charge is -2.18. The molecule has 1 heterocycles. The molecule has 0 fully saturated rings. The molecular weight excluding hydrogens is 348 g/mol. The maximum Gasteiger partial charge on any atom is 0.333 e. The SMILES string of the molecule is C[C@@H](CCNC(=O)c1ccn(C(F)F)n1)NC(=O)CNC(=O)C(C)(C)C. The summed E-state index contributed by atoms with van der Waals surface area (Å²) in [5, 5.41) is 11.2. The Morgan fingerprint density at radius 2 is 1.88 bits per heavy atom. The minimum absolute atomic E-state index is 0.105. The molecule has 3 N–H and O–H groups in total. The van der Waals surface area contributed by atoms with Gasteiger partial charge >= 0.3 is 6.55 Å². The molecule has 0 radical (unpaired) electrons. The zero-order valence-corrected chi connectivity index (χ0v) is 15.3. The van der Waals surface area contributed by atoms with Crippen LogP contribution in [0.3, 0.4) is 0 Å². The predicted molar refractivity (Wildman–Crippen MR) is 90.5 cm³/mol. The summed E-state index contributed by atoms with van der Waals surface area (Å²) in [7, 11) is 0. The molecule has 26 heavy (non-hydrogen) atoms. The summed E-state index contributed by atoms with van der Waals surface area (Å²) >= 11 is 0. The number of hydrogen-bond acceptors (Lipinski definition) is 4. The molecule has 146 valence electrons. The van der Waals surface area contributed by atoms with Gasteiger partial charge in [-0.3, -0.25) is 14.4 Å². The number of carbonyl (C=O) groups excluding carboxylic acids is 3. The Labute approximate surface area is 150 Å². The number of nitrogens with zero attached hydrogens (tertiary/aromatic N) is 2. The summed E-state index contributed by atoms with van der Waals surface area (Å²) in [4.78, 5) is 35.2. The highest BCUT2D eigenvalue weighted by atomic mass is 19.3. The molecule has 1 aromatic rings. The fraction of sp³-hybridized carbons (Fsp3) is 0.625. The first-order chi connectivity index (χ1) is 12.0. The molecule has 1 aromatic heterocycles. The van der Waals surface area contributed by atoms with Crippen molar-refractivity contribution >= 4 is 17.7 Å². The van der Waals surface area contributed by atoms with Gasteiger partial charge in [-0.25, -0.2) is 4.68 Å². The van der Waals surface area contributed by atoms with Crippen molar-refractivity contribution in [2.24, 2.45) is 5.41 Å². The van der Waals surface area contributed by atoms with Crippen LogP contribution in [0.15, 0.2) is 12.3 Å². The normalized spacial score (nSPS) is 12.6. The van der Waals surface area contributed by atoms with Crippen LogP contribution in [0.1, 0.15) is 51.2 Å². The van der Waals surface area contributed by atoms with Gasteiger partial charge in [0, 0.05) is 24.2 Å². The van der Waals surface area contributed by atoms with Crippen LogP contribution in [0.4, 0.5) is 8.78 Å². The number of rotatable bonds is 8. The summed E-state index contributed by atoms with van der Waals surface area (Å²) in [6.07, 6.45) is 1.45. The van der Waals surface area contributed by atoms with Gasteiger partial charge in [0.25, 0.3) is 5.91 Å². The molecule has 8 nitrogen and oxygen atoms in total. The van der Waals surface area contributed by atoms with Gasteiger partial charge in [0.1, 0.15) is 5.69 Å². The number of nitrogens with one attached hydrogen (secondary N) is 3. The molecule has 0 aliphatic rings. The molecule has 0 aliphatic carbocycles. The van der Waals surface area contributed by atoms with Crippen LogP contribution >= 0.6 is 0 Å². The monoisotopic (exact) mass is 373 g/mol. The van der Waals surface area contributed by atoms with Gasteiger partial charge in [0.15, 0.2) is 0 Å². The summed E-state index contributed by atoms with van der Waals surface area (Å²) < 4.78 is 25.2. The Hall–Kier alpha value is -2.52. The molecule has 0 bridgehead atoms. The molecule has 0 unspecified atom stereocenters. The lowest BCUT2D eigenvalue weighted by Crippen LogP contribution is -2.44. The Balaban J connectivity index is 2.29. The van der Waals surface area contributed by atoms with Crippen LogP contribution in [0.2, 0.25) is 0 Å². The van der Waals surface area contributed by atoms with E-state index < -0.39 is 17.9 Å². The lowest BCUT2D eigenvalue weighted by molar-refractivity contribution is -0.131. The van der Waals surface area contributed by atoms with E-state index >= 15 is 0 Å². The average Bonchev–Trinajstić information content (AvgIpc) is 3.01. The van der Waals surface area contributed by atoms with Crippen LogP contribution in [0.25, 0.3) is 0 Å². The molecule has 1 rings (SSSR count). The van der Waals surface area contributed by atoms with E-state index in [-0.39, 0.29) is 36.6 Å². The van der Waals surface area contributed by atoms with Crippen molar-refractivity contribution < 1.29 is 23.2 Å². The van der Waals surface area contributed by atoms with E-state index in [0.717, 1.165) is 6.20 Å². The van der Waals surface area contributed by atoms with Crippen LogP contribution in [-0.4, -0.2) is 46.6 Å². The maximum atomic E-state index is 12.4. The lowest BCUT2D eigenvalue weighted by atomic mass is 9.96. The van der Waals surface area contributed by atoms with Crippen LogP contribution in [0.5, 0.6) is 0 Å². The van der Waals surface area contributed by atoms with Gasteiger partial charge in [-0.2, -0.15) is 13.9 Å². The molecule has 1 atom stereocenters. The van der Waals surface area contributed by atoms with Crippen molar-refractivity contribution in [3.05, 3.63) is 18.0 Å². The maximum absolute atomic E-state index is 12.4. The molecule has 0 aliphatic heterocycles. The number of halogens is 2. The van der Waals surface area contributed by atoms with E-state index in [1.807, 2.05) is 0 Å². The highest BCUT2D eigenvalue weighted by Gasteiger charge is 2.21. The Morgan fingerprint density at radius 3 is 2.42 bits per heavy atom. The number of amides is 3. The van der Waals surface area contributed by atoms with Gasteiger partial charge in [-0.1, -0.05) is 20.8 Å². The van der Waals surface area contributed by atoms with E-state index in [1.54, 1.807) is 27.7 Å². The van der Waals surface area contributed by atoms with Gasteiger partial charge < -0.3 is 16.0 Å². The van der Waals surface area contributed by atoms with Gasteiger partial charge in [-0.05, 0) is 19.4 Å². The van der Waals surface area contributed by atoms with Crippen molar-refractivity contribution in [1.29, 1.82) is 0 Å². The highest BCUT2D eigenvalue weighted by molar-refractivity contribution is 5.92. The minimum atomic E-state index is -2.80. The summed E-state index contributed by atoms with van der Waals surface area (Å²) in [6, 6.07) is 0.956. The third-order valence-corrected chi connectivity index (χ3v) is 3.40. The second-order valence-electron chi connectivity index (χ2n) is 6.90. The van der Waals surface area contributed by atoms with Crippen molar-refractivity contribution in [3.63, 3.8) is 0 Å².